The van der Waals surface area contributed by atoms with Crippen LogP contribution in [-0.2, 0) is 16.1 Å². The van der Waals surface area contributed by atoms with Gasteiger partial charge in [-0.05, 0) is 62.3 Å². The van der Waals surface area contributed by atoms with E-state index in [1.807, 2.05) is 0 Å². The number of carbonyl (C=O) groups is 1. The first kappa shape index (κ1) is 24.2. The topological polar surface area (TPSA) is 90.6 Å². The molecule has 1 aromatic carbocycles. The molecule has 3 aliphatic rings. The molecule has 0 radical (unpaired) electrons. The Morgan fingerprint density at radius 2 is 1.84 bits per heavy atom. The largest absolute Gasteiger partial charge is 0.464 e. The Balaban J connectivity index is 1.21. The van der Waals surface area contributed by atoms with Gasteiger partial charge in [0.2, 0.25) is 5.28 Å². The molecular formula is C26H25ClF2N4O4. The number of carbonyl (C=O) groups excluding carboxylic acids is 1. The summed E-state index contributed by atoms with van der Waals surface area (Å²) in [5.74, 6) is -0.475. The van der Waals surface area contributed by atoms with Crippen molar-refractivity contribution in [2.24, 2.45) is 0 Å². The second-order valence-corrected chi connectivity index (χ2v) is 10.2. The van der Waals surface area contributed by atoms with Gasteiger partial charge in [-0.3, -0.25) is 0 Å². The van der Waals surface area contributed by atoms with E-state index in [9.17, 15) is 13.6 Å². The van der Waals surface area contributed by atoms with Gasteiger partial charge in [0, 0.05) is 29.6 Å². The normalized spacial score (nSPS) is 22.9. The molecule has 8 nitrogen and oxygen atoms in total. The average Bonchev–Trinajstić information content (AvgIpc) is 3.59. The van der Waals surface area contributed by atoms with Crippen molar-refractivity contribution in [1.82, 2.24) is 15.1 Å². The third kappa shape index (κ3) is 4.57. The summed E-state index contributed by atoms with van der Waals surface area (Å²) >= 11 is 6.10. The minimum Gasteiger partial charge on any atom is -0.464 e. The summed E-state index contributed by atoms with van der Waals surface area (Å²) < 4.78 is 45.8. The van der Waals surface area contributed by atoms with Gasteiger partial charge in [0.15, 0.2) is 5.69 Å². The predicted molar refractivity (Wildman–Crippen MR) is 129 cm³/mol. The maximum atomic E-state index is 14.6. The molecule has 2 saturated heterocycles. The number of fused-ring (bicyclic) bond motifs is 2. The summed E-state index contributed by atoms with van der Waals surface area (Å²) in [5, 5.41) is 4.05. The molecule has 2 aliphatic heterocycles. The summed E-state index contributed by atoms with van der Waals surface area (Å²) in [6.07, 6.45) is 5.22. The molecule has 0 spiro atoms. The van der Waals surface area contributed by atoms with Gasteiger partial charge in [0.1, 0.15) is 28.9 Å². The molecule has 0 amide bonds. The molecule has 11 heteroatoms. The molecule has 2 aromatic heterocycles. The van der Waals surface area contributed by atoms with Crippen molar-refractivity contribution >= 4 is 23.4 Å². The SMILES string of the molecule is COC(=O)c1cc(N2[C@@H]3CC[C@H]2CC(OCc2c(-c4c(F)cccc4F)noc2C2CC2)C3)nc(Cl)n1. The highest BCUT2D eigenvalue weighted by Crippen LogP contribution is 2.45. The van der Waals surface area contributed by atoms with Gasteiger partial charge in [0.25, 0.3) is 0 Å². The molecule has 3 atom stereocenters. The zero-order chi connectivity index (χ0) is 25.7. The Labute approximate surface area is 216 Å². The van der Waals surface area contributed by atoms with Crippen LogP contribution in [0.15, 0.2) is 28.8 Å². The number of esters is 1. The third-order valence-corrected chi connectivity index (χ3v) is 7.63. The Morgan fingerprint density at radius 3 is 2.49 bits per heavy atom. The fourth-order valence-electron chi connectivity index (χ4n) is 5.63. The summed E-state index contributed by atoms with van der Waals surface area (Å²) in [5.41, 5.74) is 0.715. The summed E-state index contributed by atoms with van der Waals surface area (Å²) in [7, 11) is 1.29. The predicted octanol–water partition coefficient (Wildman–Crippen LogP) is 5.44. The van der Waals surface area contributed by atoms with Crippen LogP contribution in [0.3, 0.4) is 0 Å². The van der Waals surface area contributed by atoms with Crippen molar-refractivity contribution in [2.75, 3.05) is 12.0 Å². The highest BCUT2D eigenvalue weighted by Gasteiger charge is 2.43. The quantitative estimate of drug-likeness (QED) is 0.294. The fraction of sp³-hybridized carbons (Fsp3) is 0.462. The Hall–Kier alpha value is -3.11. The number of methoxy groups -OCH3 is 1. The van der Waals surface area contributed by atoms with E-state index in [0.29, 0.717) is 17.1 Å². The van der Waals surface area contributed by atoms with Gasteiger partial charge in [-0.1, -0.05) is 11.2 Å². The number of halogens is 3. The van der Waals surface area contributed by atoms with E-state index in [4.69, 9.17) is 25.6 Å². The third-order valence-electron chi connectivity index (χ3n) is 7.46. The molecule has 194 valence electrons. The van der Waals surface area contributed by atoms with E-state index in [0.717, 1.165) is 38.5 Å². The van der Waals surface area contributed by atoms with Crippen LogP contribution in [0.1, 0.15) is 66.3 Å². The molecule has 3 aromatic rings. The number of anilines is 1. The van der Waals surface area contributed by atoms with Crippen LogP contribution in [0, 0.1) is 11.6 Å². The minimum absolute atomic E-state index is 0.0105. The highest BCUT2D eigenvalue weighted by molar-refractivity contribution is 6.28. The smallest absolute Gasteiger partial charge is 0.356 e. The first-order valence-electron chi connectivity index (χ1n) is 12.4. The molecule has 2 bridgehead atoms. The lowest BCUT2D eigenvalue weighted by atomic mass is 9.99. The van der Waals surface area contributed by atoms with Crippen LogP contribution in [0.4, 0.5) is 14.6 Å². The molecule has 4 heterocycles. The van der Waals surface area contributed by atoms with Crippen LogP contribution >= 0.6 is 11.6 Å². The lowest BCUT2D eigenvalue weighted by Gasteiger charge is -2.39. The van der Waals surface area contributed by atoms with Crippen LogP contribution < -0.4 is 4.90 Å². The van der Waals surface area contributed by atoms with Crippen molar-refractivity contribution in [3.8, 4) is 11.3 Å². The number of hydrogen-bond donors (Lipinski definition) is 0. The zero-order valence-electron chi connectivity index (χ0n) is 20.1. The van der Waals surface area contributed by atoms with Gasteiger partial charge < -0.3 is 18.9 Å². The second kappa shape index (κ2) is 9.64. The maximum Gasteiger partial charge on any atom is 0.356 e. The minimum atomic E-state index is -0.682. The standard InChI is InChI=1S/C26H25ClF2N4O4/c1-35-25(34)20-11-21(31-26(27)30-20)33-14-7-8-15(33)10-16(9-14)36-12-17-23(32-37-24(17)13-5-6-13)22-18(28)3-2-4-19(22)29/h2-4,11,13-16H,5-10,12H2,1H3/t14-,15+,16?. The van der Waals surface area contributed by atoms with Gasteiger partial charge in [-0.2, -0.15) is 0 Å². The first-order chi connectivity index (χ1) is 17.9. The van der Waals surface area contributed by atoms with E-state index >= 15 is 0 Å². The first-order valence-corrected chi connectivity index (χ1v) is 12.8. The lowest BCUT2D eigenvalue weighted by Crippen LogP contribution is -2.46. The average molecular weight is 531 g/mol. The number of nitrogens with zero attached hydrogens (tertiary/aromatic N) is 4. The van der Waals surface area contributed by atoms with Crippen molar-refractivity contribution < 1.29 is 27.6 Å². The summed E-state index contributed by atoms with van der Waals surface area (Å²) in [6.45, 7) is 0.161. The molecule has 37 heavy (non-hydrogen) atoms. The zero-order valence-corrected chi connectivity index (χ0v) is 20.9. The van der Waals surface area contributed by atoms with Gasteiger partial charge in [0.05, 0.1) is 25.4 Å². The van der Waals surface area contributed by atoms with E-state index in [1.54, 1.807) is 6.07 Å². The van der Waals surface area contributed by atoms with Crippen molar-refractivity contribution in [3.63, 3.8) is 0 Å². The van der Waals surface area contributed by atoms with Gasteiger partial charge in [-0.25, -0.2) is 23.5 Å². The Kier molecular flexibility index (Phi) is 6.32. The second-order valence-electron chi connectivity index (χ2n) is 9.81. The van der Waals surface area contributed by atoms with Crippen molar-refractivity contribution in [2.45, 2.75) is 69.2 Å². The molecule has 1 aliphatic carbocycles. The van der Waals surface area contributed by atoms with Crippen LogP contribution in [0.5, 0.6) is 0 Å². The molecule has 0 N–H and O–H groups in total. The monoisotopic (exact) mass is 530 g/mol. The molecule has 1 unspecified atom stereocenters. The Morgan fingerprint density at radius 1 is 1.14 bits per heavy atom. The van der Waals surface area contributed by atoms with Crippen LogP contribution in [0.25, 0.3) is 11.3 Å². The number of piperidine rings is 1. The fourth-order valence-corrected chi connectivity index (χ4v) is 5.81. The van der Waals surface area contributed by atoms with Gasteiger partial charge >= 0.3 is 5.97 Å². The summed E-state index contributed by atoms with van der Waals surface area (Å²) in [6, 6.07) is 5.66. The summed E-state index contributed by atoms with van der Waals surface area (Å²) in [4.78, 5) is 22.5. The number of rotatable bonds is 7. The molecule has 1 saturated carbocycles. The molecule has 6 rings (SSSR count). The highest BCUT2D eigenvalue weighted by atomic mass is 35.5. The van der Waals surface area contributed by atoms with E-state index < -0.39 is 17.6 Å². The number of hydrogen-bond acceptors (Lipinski definition) is 8. The number of benzene rings is 1. The van der Waals surface area contributed by atoms with Crippen molar-refractivity contribution in [1.29, 1.82) is 0 Å². The Bertz CT molecular complexity index is 1310. The lowest BCUT2D eigenvalue weighted by molar-refractivity contribution is 0.0145. The van der Waals surface area contributed by atoms with Crippen LogP contribution in [0.2, 0.25) is 5.28 Å². The van der Waals surface area contributed by atoms with E-state index in [-0.39, 0.29) is 52.9 Å². The molecular weight excluding hydrogens is 506 g/mol. The number of ether oxygens (including phenoxy) is 2. The van der Waals surface area contributed by atoms with E-state index in [2.05, 4.69) is 20.0 Å². The molecule has 3 fully saturated rings. The van der Waals surface area contributed by atoms with Crippen LogP contribution in [-0.4, -0.2) is 46.4 Å². The van der Waals surface area contributed by atoms with Gasteiger partial charge in [-0.15, -0.1) is 0 Å². The van der Waals surface area contributed by atoms with Crippen molar-refractivity contribution in [3.05, 3.63) is 58.2 Å². The number of aromatic nitrogens is 3. The van der Waals surface area contributed by atoms with E-state index in [1.165, 1.54) is 25.3 Å². The maximum absolute atomic E-state index is 14.6.